The van der Waals surface area contributed by atoms with Crippen molar-refractivity contribution in [3.63, 3.8) is 0 Å². The second-order valence-electron chi connectivity index (χ2n) is 7.37. The number of hydrogen-bond donors (Lipinski definition) is 4. The Bertz CT molecular complexity index is 835. The summed E-state index contributed by atoms with van der Waals surface area (Å²) in [5.74, 6) is 1.10. The fourth-order valence-electron chi connectivity index (χ4n) is 2.79. The summed E-state index contributed by atoms with van der Waals surface area (Å²) in [7, 11) is 0. The monoisotopic (exact) mass is 411 g/mol. The standard InChI is InChI=1S/C22H29N5OS/c1-16(2)11-14-25-29-20-6-3-5-19(15-20)26-18-9-7-17(8-10-18)21(28)27-22-23-12-4-13-24-22/h3,5-10,15-16,25-26H,4,11-14H2,1-2H3,(H2,23,24,27,28). The first kappa shape index (κ1) is 21.2. The highest BCUT2D eigenvalue weighted by atomic mass is 32.2. The summed E-state index contributed by atoms with van der Waals surface area (Å²) in [6.45, 7) is 7.04. The Morgan fingerprint density at radius 1 is 1.17 bits per heavy atom. The predicted octanol–water partition coefficient (Wildman–Crippen LogP) is 4.15. The fraction of sp³-hybridized carbons (Fsp3) is 0.364. The zero-order valence-corrected chi connectivity index (χ0v) is 17.8. The lowest BCUT2D eigenvalue weighted by molar-refractivity contribution is 0.0975. The number of benzene rings is 2. The summed E-state index contributed by atoms with van der Waals surface area (Å²) < 4.78 is 3.41. The molecular formula is C22H29N5OS. The molecule has 0 radical (unpaired) electrons. The van der Waals surface area contributed by atoms with Gasteiger partial charge in [-0.2, -0.15) is 0 Å². The normalized spacial score (nSPS) is 13.6. The van der Waals surface area contributed by atoms with Crippen molar-refractivity contribution in [2.24, 2.45) is 10.9 Å². The highest BCUT2D eigenvalue weighted by Crippen LogP contribution is 2.23. The molecule has 1 heterocycles. The van der Waals surface area contributed by atoms with Gasteiger partial charge in [0.05, 0.1) is 0 Å². The minimum atomic E-state index is -0.157. The van der Waals surface area contributed by atoms with Crippen LogP contribution in [0.2, 0.25) is 0 Å². The van der Waals surface area contributed by atoms with Crippen LogP contribution in [0.5, 0.6) is 0 Å². The molecule has 2 aromatic rings. The zero-order chi connectivity index (χ0) is 20.5. The quantitative estimate of drug-likeness (QED) is 0.388. The van der Waals surface area contributed by atoms with Crippen molar-refractivity contribution in [3.8, 4) is 0 Å². The van der Waals surface area contributed by atoms with Crippen molar-refractivity contribution in [1.29, 1.82) is 0 Å². The predicted molar refractivity (Wildman–Crippen MR) is 122 cm³/mol. The third-order valence-electron chi connectivity index (χ3n) is 4.41. The minimum absolute atomic E-state index is 0.157. The number of hydrogen-bond acceptors (Lipinski definition) is 6. The summed E-state index contributed by atoms with van der Waals surface area (Å²) in [5, 5.41) is 9.30. The number of guanidine groups is 1. The van der Waals surface area contributed by atoms with Crippen LogP contribution in [0, 0.1) is 5.92 Å². The number of anilines is 2. The number of aliphatic imine (C=N–C) groups is 1. The molecule has 0 saturated carbocycles. The average Bonchev–Trinajstić information content (AvgIpc) is 2.73. The molecule has 4 N–H and O–H groups in total. The van der Waals surface area contributed by atoms with E-state index in [0.717, 1.165) is 48.7 Å². The first-order chi connectivity index (χ1) is 14.1. The number of rotatable bonds is 8. The van der Waals surface area contributed by atoms with Gasteiger partial charge >= 0.3 is 0 Å². The van der Waals surface area contributed by atoms with Crippen LogP contribution in [0.1, 0.15) is 37.0 Å². The van der Waals surface area contributed by atoms with E-state index >= 15 is 0 Å². The molecule has 1 aliphatic rings. The molecule has 154 valence electrons. The van der Waals surface area contributed by atoms with Gasteiger partial charge in [-0.05, 0) is 73.2 Å². The van der Waals surface area contributed by atoms with Crippen molar-refractivity contribution in [2.45, 2.75) is 31.6 Å². The van der Waals surface area contributed by atoms with Gasteiger partial charge in [-0.25, -0.2) is 0 Å². The molecule has 0 aromatic heterocycles. The topological polar surface area (TPSA) is 77.5 Å². The molecule has 7 heteroatoms. The van der Waals surface area contributed by atoms with Crippen molar-refractivity contribution < 1.29 is 4.79 Å². The summed E-state index contributed by atoms with van der Waals surface area (Å²) in [5.41, 5.74) is 2.55. The Hall–Kier alpha value is -2.51. The van der Waals surface area contributed by atoms with Crippen molar-refractivity contribution >= 4 is 35.2 Å². The zero-order valence-electron chi connectivity index (χ0n) is 17.0. The van der Waals surface area contributed by atoms with Crippen LogP contribution < -0.4 is 20.7 Å². The lowest BCUT2D eigenvalue weighted by Gasteiger charge is -2.15. The van der Waals surface area contributed by atoms with Crippen LogP contribution in [-0.2, 0) is 0 Å². The molecule has 0 saturated heterocycles. The summed E-state index contributed by atoms with van der Waals surface area (Å²) in [6.07, 6.45) is 2.15. The average molecular weight is 412 g/mol. The van der Waals surface area contributed by atoms with Gasteiger partial charge < -0.3 is 10.6 Å². The van der Waals surface area contributed by atoms with E-state index in [-0.39, 0.29) is 5.91 Å². The SMILES string of the molecule is CC(C)CCNSc1cccc(Nc2ccc(C(=O)NC3=NCCCN3)cc2)c1. The molecule has 29 heavy (non-hydrogen) atoms. The van der Waals surface area contributed by atoms with Crippen molar-refractivity contribution in [3.05, 3.63) is 54.1 Å². The van der Waals surface area contributed by atoms with Gasteiger partial charge in [0.1, 0.15) is 0 Å². The Morgan fingerprint density at radius 3 is 2.72 bits per heavy atom. The Kier molecular flexibility index (Phi) is 7.95. The molecule has 2 aromatic carbocycles. The van der Waals surface area contributed by atoms with E-state index in [1.165, 1.54) is 0 Å². The third kappa shape index (κ3) is 7.11. The van der Waals surface area contributed by atoms with E-state index in [4.69, 9.17) is 0 Å². The maximum Gasteiger partial charge on any atom is 0.257 e. The first-order valence-electron chi connectivity index (χ1n) is 10.1. The largest absolute Gasteiger partial charge is 0.356 e. The molecule has 0 fully saturated rings. The van der Waals surface area contributed by atoms with Gasteiger partial charge in [0.25, 0.3) is 5.91 Å². The number of amides is 1. The summed E-state index contributed by atoms with van der Waals surface area (Å²) >= 11 is 1.65. The third-order valence-corrected chi connectivity index (χ3v) is 5.25. The Morgan fingerprint density at radius 2 is 2.00 bits per heavy atom. The van der Waals surface area contributed by atoms with Gasteiger partial charge in [-0.3, -0.25) is 19.8 Å². The van der Waals surface area contributed by atoms with Crippen LogP contribution in [-0.4, -0.2) is 31.5 Å². The molecule has 1 aliphatic heterocycles. The molecular weight excluding hydrogens is 382 g/mol. The Balaban J connectivity index is 1.53. The van der Waals surface area contributed by atoms with Gasteiger partial charge in [0, 0.05) is 41.5 Å². The van der Waals surface area contributed by atoms with E-state index in [0.29, 0.717) is 17.4 Å². The van der Waals surface area contributed by atoms with Crippen LogP contribution in [0.3, 0.4) is 0 Å². The minimum Gasteiger partial charge on any atom is -0.356 e. The second-order valence-corrected chi connectivity index (χ2v) is 8.34. The van der Waals surface area contributed by atoms with E-state index in [9.17, 15) is 4.79 Å². The first-order valence-corrected chi connectivity index (χ1v) is 10.9. The smallest absolute Gasteiger partial charge is 0.257 e. The molecule has 0 unspecified atom stereocenters. The van der Waals surface area contributed by atoms with Crippen LogP contribution in [0.15, 0.2) is 58.4 Å². The highest BCUT2D eigenvalue weighted by Gasteiger charge is 2.10. The van der Waals surface area contributed by atoms with E-state index in [1.807, 2.05) is 36.4 Å². The number of nitrogens with zero attached hydrogens (tertiary/aromatic N) is 1. The molecule has 0 bridgehead atoms. The number of nitrogens with one attached hydrogen (secondary N) is 4. The fourth-order valence-corrected chi connectivity index (χ4v) is 3.51. The van der Waals surface area contributed by atoms with Gasteiger partial charge in [-0.1, -0.05) is 19.9 Å². The van der Waals surface area contributed by atoms with Crippen LogP contribution in [0.25, 0.3) is 0 Å². The van der Waals surface area contributed by atoms with Crippen LogP contribution >= 0.6 is 11.9 Å². The molecule has 3 rings (SSSR count). The maximum atomic E-state index is 12.3. The molecule has 0 aliphatic carbocycles. The molecule has 1 amide bonds. The van der Waals surface area contributed by atoms with Gasteiger partial charge in [-0.15, -0.1) is 0 Å². The molecule has 0 spiro atoms. The second kappa shape index (κ2) is 10.9. The number of carbonyl (C=O) groups is 1. The van der Waals surface area contributed by atoms with Crippen molar-refractivity contribution in [2.75, 3.05) is 25.0 Å². The Labute approximate surface area is 177 Å². The van der Waals surface area contributed by atoms with E-state index < -0.39 is 0 Å². The van der Waals surface area contributed by atoms with Gasteiger partial charge in [0.2, 0.25) is 0 Å². The van der Waals surface area contributed by atoms with Crippen LogP contribution in [0.4, 0.5) is 11.4 Å². The van der Waals surface area contributed by atoms with E-state index in [2.05, 4.69) is 51.6 Å². The summed E-state index contributed by atoms with van der Waals surface area (Å²) in [4.78, 5) is 17.8. The lowest BCUT2D eigenvalue weighted by atomic mass is 10.1. The van der Waals surface area contributed by atoms with Gasteiger partial charge in [0.15, 0.2) is 5.96 Å². The maximum absolute atomic E-state index is 12.3. The number of carbonyl (C=O) groups excluding carboxylic acids is 1. The highest BCUT2D eigenvalue weighted by molar-refractivity contribution is 7.97. The lowest BCUT2D eigenvalue weighted by Crippen LogP contribution is -2.43. The molecule has 6 nitrogen and oxygen atoms in total. The van der Waals surface area contributed by atoms with E-state index in [1.54, 1.807) is 11.9 Å². The molecule has 0 atom stereocenters. The summed E-state index contributed by atoms with van der Waals surface area (Å²) in [6, 6.07) is 15.7. The van der Waals surface area contributed by atoms with Crippen molar-refractivity contribution in [1.82, 2.24) is 15.4 Å².